The molecule has 1 heterocycles. The Morgan fingerprint density at radius 3 is 2.57 bits per heavy atom. The molecule has 4 rings (SSSR count). The number of nitrogens with zero attached hydrogens (tertiary/aromatic N) is 3. The molecule has 1 saturated heterocycles. The van der Waals surface area contributed by atoms with E-state index in [4.69, 9.17) is 9.73 Å². The molecule has 176 valence electrons. The molecular weight excluding hydrogens is 522 g/mol. The van der Waals surface area contributed by atoms with Gasteiger partial charge in [0.15, 0.2) is 5.17 Å². The Hall–Kier alpha value is -3.34. The number of halogens is 1. The zero-order valence-corrected chi connectivity index (χ0v) is 22.1. The highest BCUT2D eigenvalue weighted by atomic mass is 79.9. The largest absolute Gasteiger partial charge is 0.488 e. The van der Waals surface area contributed by atoms with Crippen LogP contribution in [-0.2, 0) is 11.4 Å². The lowest BCUT2D eigenvalue weighted by Crippen LogP contribution is -2.35. The standard InChI is InChI=1S/C28H24BrN3O2S/c1-18(2)32-27(33)26(35-28(32)31-23-11-8-19(3)9-12-23)15-20-10-13-25(24(29)14-20)34-17-22-7-5-4-6-21(22)16-30/h4-15,18H,17H2,1-3H3/b26-15+,31-28?. The number of rotatable bonds is 6. The average molecular weight is 546 g/mol. The lowest BCUT2D eigenvalue weighted by molar-refractivity contribution is -0.123. The van der Waals surface area contributed by atoms with E-state index in [2.05, 4.69) is 22.0 Å². The fourth-order valence-electron chi connectivity index (χ4n) is 3.54. The number of aryl methyl sites for hydroxylation is 1. The number of benzene rings is 3. The second-order valence-electron chi connectivity index (χ2n) is 8.36. The van der Waals surface area contributed by atoms with Crippen LogP contribution in [-0.4, -0.2) is 22.0 Å². The van der Waals surface area contributed by atoms with Crippen molar-refractivity contribution in [1.29, 1.82) is 5.26 Å². The van der Waals surface area contributed by atoms with Crippen LogP contribution in [0.4, 0.5) is 5.69 Å². The van der Waals surface area contributed by atoms with Gasteiger partial charge in [-0.3, -0.25) is 9.69 Å². The number of hydrogen-bond acceptors (Lipinski definition) is 5. The molecule has 1 aliphatic heterocycles. The summed E-state index contributed by atoms with van der Waals surface area (Å²) in [4.78, 5) is 20.3. The Balaban J connectivity index is 1.54. The molecule has 0 aromatic heterocycles. The molecule has 0 spiro atoms. The van der Waals surface area contributed by atoms with Gasteiger partial charge in [0, 0.05) is 11.6 Å². The molecule has 0 aliphatic carbocycles. The monoisotopic (exact) mass is 545 g/mol. The van der Waals surface area contributed by atoms with Gasteiger partial charge in [-0.15, -0.1) is 0 Å². The first-order chi connectivity index (χ1) is 16.9. The Kier molecular flexibility index (Phi) is 7.74. The molecule has 1 amide bonds. The Morgan fingerprint density at radius 1 is 1.14 bits per heavy atom. The zero-order valence-electron chi connectivity index (χ0n) is 19.7. The van der Waals surface area contributed by atoms with Crippen molar-refractivity contribution in [2.24, 2.45) is 4.99 Å². The maximum Gasteiger partial charge on any atom is 0.266 e. The first kappa shape index (κ1) is 24.8. The summed E-state index contributed by atoms with van der Waals surface area (Å²) >= 11 is 4.95. The van der Waals surface area contributed by atoms with Gasteiger partial charge in [0.1, 0.15) is 12.4 Å². The van der Waals surface area contributed by atoms with E-state index in [1.807, 2.05) is 87.5 Å². The summed E-state index contributed by atoms with van der Waals surface area (Å²) in [5, 5.41) is 9.94. The smallest absolute Gasteiger partial charge is 0.266 e. The number of nitriles is 1. The minimum atomic E-state index is -0.0552. The number of amidine groups is 1. The van der Waals surface area contributed by atoms with Crippen molar-refractivity contribution < 1.29 is 9.53 Å². The van der Waals surface area contributed by atoms with Gasteiger partial charge in [-0.25, -0.2) is 4.99 Å². The summed E-state index contributed by atoms with van der Waals surface area (Å²) in [6.45, 7) is 6.30. The van der Waals surface area contributed by atoms with Crippen molar-refractivity contribution in [3.8, 4) is 11.8 Å². The van der Waals surface area contributed by atoms with Crippen LogP contribution in [0.3, 0.4) is 0 Å². The summed E-state index contributed by atoms with van der Waals surface area (Å²) in [6, 6.07) is 23.2. The molecule has 7 heteroatoms. The molecule has 0 atom stereocenters. The van der Waals surface area contributed by atoms with Crippen LogP contribution >= 0.6 is 27.7 Å². The van der Waals surface area contributed by atoms with E-state index in [-0.39, 0.29) is 11.9 Å². The molecule has 3 aromatic carbocycles. The second-order valence-corrected chi connectivity index (χ2v) is 10.2. The van der Waals surface area contributed by atoms with Gasteiger partial charge in [-0.1, -0.05) is 42.0 Å². The van der Waals surface area contributed by atoms with Crippen LogP contribution in [0, 0.1) is 18.3 Å². The second kappa shape index (κ2) is 10.9. The van der Waals surface area contributed by atoms with Crippen LogP contribution in [0.1, 0.15) is 36.1 Å². The van der Waals surface area contributed by atoms with Gasteiger partial charge in [-0.2, -0.15) is 5.26 Å². The van der Waals surface area contributed by atoms with E-state index in [0.717, 1.165) is 26.9 Å². The summed E-state index contributed by atoms with van der Waals surface area (Å²) in [5.74, 6) is 0.608. The molecule has 1 fully saturated rings. The van der Waals surface area contributed by atoms with Crippen molar-refractivity contribution in [2.45, 2.75) is 33.4 Å². The van der Waals surface area contributed by atoms with Crippen LogP contribution in [0.2, 0.25) is 0 Å². The Labute approximate surface area is 218 Å². The fraction of sp³-hybridized carbons (Fsp3) is 0.179. The molecule has 1 aliphatic rings. The highest BCUT2D eigenvalue weighted by Gasteiger charge is 2.35. The molecule has 0 unspecified atom stereocenters. The van der Waals surface area contributed by atoms with E-state index in [9.17, 15) is 10.1 Å². The zero-order chi connectivity index (χ0) is 24.9. The highest BCUT2D eigenvalue weighted by Crippen LogP contribution is 2.36. The maximum absolute atomic E-state index is 13.2. The minimum Gasteiger partial charge on any atom is -0.488 e. The van der Waals surface area contributed by atoms with Crippen LogP contribution in [0.15, 0.2) is 81.1 Å². The normalized spacial score (nSPS) is 15.8. The van der Waals surface area contributed by atoms with E-state index in [1.165, 1.54) is 11.8 Å². The molecule has 35 heavy (non-hydrogen) atoms. The van der Waals surface area contributed by atoms with Crippen molar-refractivity contribution >= 4 is 50.5 Å². The predicted molar refractivity (Wildman–Crippen MR) is 145 cm³/mol. The Bertz CT molecular complexity index is 1360. The quantitative estimate of drug-likeness (QED) is 0.306. The van der Waals surface area contributed by atoms with Gasteiger partial charge >= 0.3 is 0 Å². The van der Waals surface area contributed by atoms with E-state index in [1.54, 1.807) is 11.0 Å². The summed E-state index contributed by atoms with van der Waals surface area (Å²) in [7, 11) is 0. The molecule has 3 aromatic rings. The molecule has 0 N–H and O–H groups in total. The maximum atomic E-state index is 13.2. The molecular formula is C28H24BrN3O2S. The number of ether oxygens (including phenoxy) is 1. The molecule has 0 saturated carbocycles. The number of carbonyl (C=O) groups excluding carboxylic acids is 1. The van der Waals surface area contributed by atoms with Crippen molar-refractivity contribution in [3.63, 3.8) is 0 Å². The van der Waals surface area contributed by atoms with Crippen LogP contribution in [0.25, 0.3) is 6.08 Å². The minimum absolute atomic E-state index is 0.0103. The van der Waals surface area contributed by atoms with Crippen molar-refractivity contribution in [1.82, 2.24) is 4.90 Å². The summed E-state index contributed by atoms with van der Waals surface area (Å²) in [6.07, 6.45) is 1.87. The topological polar surface area (TPSA) is 65.7 Å². The lowest BCUT2D eigenvalue weighted by Gasteiger charge is -2.19. The van der Waals surface area contributed by atoms with Gasteiger partial charge in [0.2, 0.25) is 0 Å². The summed E-state index contributed by atoms with van der Waals surface area (Å²) < 4.78 is 6.70. The van der Waals surface area contributed by atoms with Gasteiger partial charge in [0.25, 0.3) is 5.91 Å². The molecule has 0 radical (unpaired) electrons. The van der Waals surface area contributed by atoms with Gasteiger partial charge in [0.05, 0.1) is 26.7 Å². The predicted octanol–water partition coefficient (Wildman–Crippen LogP) is 7.22. The number of amides is 1. The number of hydrogen-bond donors (Lipinski definition) is 0. The van der Waals surface area contributed by atoms with Crippen molar-refractivity contribution in [2.75, 3.05) is 0 Å². The number of thioether (sulfide) groups is 1. The molecule has 0 bridgehead atoms. The number of carbonyl (C=O) groups is 1. The summed E-state index contributed by atoms with van der Waals surface area (Å²) in [5.41, 5.74) is 4.28. The van der Waals surface area contributed by atoms with Crippen molar-refractivity contribution in [3.05, 3.63) is 98.4 Å². The Morgan fingerprint density at radius 2 is 1.89 bits per heavy atom. The van der Waals surface area contributed by atoms with E-state index >= 15 is 0 Å². The fourth-order valence-corrected chi connectivity index (χ4v) is 5.17. The van der Waals surface area contributed by atoms with Gasteiger partial charge < -0.3 is 4.74 Å². The third-order valence-electron chi connectivity index (χ3n) is 5.39. The van der Waals surface area contributed by atoms with Crippen LogP contribution < -0.4 is 4.74 Å². The number of aliphatic imine (C=N–C) groups is 1. The highest BCUT2D eigenvalue weighted by molar-refractivity contribution is 9.10. The molecule has 5 nitrogen and oxygen atoms in total. The average Bonchev–Trinajstić information content (AvgIpc) is 3.14. The first-order valence-electron chi connectivity index (χ1n) is 11.1. The van der Waals surface area contributed by atoms with Crippen LogP contribution in [0.5, 0.6) is 5.75 Å². The SMILES string of the molecule is Cc1ccc(N=C2S/C(=C/c3ccc(OCc4ccccc4C#N)c(Br)c3)C(=O)N2C(C)C)cc1. The van der Waals surface area contributed by atoms with E-state index in [0.29, 0.717) is 28.0 Å². The van der Waals surface area contributed by atoms with E-state index < -0.39 is 0 Å². The first-order valence-corrected chi connectivity index (χ1v) is 12.8. The van der Waals surface area contributed by atoms with Gasteiger partial charge in [-0.05, 0) is 90.4 Å². The third kappa shape index (κ3) is 5.84. The third-order valence-corrected chi connectivity index (χ3v) is 6.99. The lowest BCUT2D eigenvalue weighted by atomic mass is 10.1.